The number of nitro benzene ring substituents is 1. The van der Waals surface area contributed by atoms with Gasteiger partial charge in [0.2, 0.25) is 5.28 Å². The summed E-state index contributed by atoms with van der Waals surface area (Å²) >= 11 is 5.86. The molecule has 0 saturated heterocycles. The van der Waals surface area contributed by atoms with Crippen LogP contribution in [0.2, 0.25) is 5.28 Å². The highest BCUT2D eigenvalue weighted by Gasteiger charge is 2.33. The second-order valence-corrected chi connectivity index (χ2v) is 5.90. The Labute approximate surface area is 120 Å². The molecule has 102 valence electrons. The van der Waals surface area contributed by atoms with Gasteiger partial charge in [0.1, 0.15) is 0 Å². The summed E-state index contributed by atoms with van der Waals surface area (Å²) in [6.07, 6.45) is 2.48. The van der Waals surface area contributed by atoms with Crippen molar-refractivity contribution < 1.29 is 4.92 Å². The molecular weight excluding hydrogens is 278 g/mol. The number of nitrogens with zero attached hydrogens (tertiary/aromatic N) is 3. The number of hydrogen-bond donors (Lipinski definition) is 0. The van der Waals surface area contributed by atoms with E-state index in [1.54, 1.807) is 12.3 Å². The molecular formula is C14H12ClN3O2. The van der Waals surface area contributed by atoms with Gasteiger partial charge in [-0.05, 0) is 34.6 Å². The molecule has 1 aliphatic rings. The molecule has 0 N–H and O–H groups in total. The van der Waals surface area contributed by atoms with E-state index in [1.807, 2.05) is 6.07 Å². The van der Waals surface area contributed by atoms with E-state index < -0.39 is 4.92 Å². The SMILES string of the molecule is CC1(C)Cc2cnc(Cl)nc2-c2cc([N+](=O)[O-])ccc21. The number of rotatable bonds is 1. The number of non-ortho nitro benzene ring substituents is 1. The van der Waals surface area contributed by atoms with Crippen molar-refractivity contribution in [3.63, 3.8) is 0 Å². The van der Waals surface area contributed by atoms with Gasteiger partial charge < -0.3 is 0 Å². The molecule has 0 spiro atoms. The van der Waals surface area contributed by atoms with E-state index in [1.165, 1.54) is 6.07 Å². The van der Waals surface area contributed by atoms with E-state index in [0.29, 0.717) is 5.69 Å². The average molecular weight is 290 g/mol. The lowest BCUT2D eigenvalue weighted by Gasteiger charge is -2.33. The second-order valence-electron chi connectivity index (χ2n) is 5.56. The molecule has 0 aliphatic heterocycles. The molecule has 3 rings (SSSR count). The van der Waals surface area contributed by atoms with Crippen molar-refractivity contribution in [3.05, 3.63) is 50.9 Å². The molecule has 6 heteroatoms. The molecule has 2 aromatic rings. The van der Waals surface area contributed by atoms with E-state index in [4.69, 9.17) is 11.6 Å². The summed E-state index contributed by atoms with van der Waals surface area (Å²) in [6, 6.07) is 4.92. The number of halogens is 1. The topological polar surface area (TPSA) is 68.9 Å². The minimum atomic E-state index is -0.398. The van der Waals surface area contributed by atoms with Crippen LogP contribution in [0.5, 0.6) is 0 Å². The molecule has 0 amide bonds. The maximum atomic E-state index is 11.0. The van der Waals surface area contributed by atoms with Crippen LogP contribution in [0, 0.1) is 10.1 Å². The van der Waals surface area contributed by atoms with E-state index >= 15 is 0 Å². The van der Waals surface area contributed by atoms with Gasteiger partial charge in [-0.2, -0.15) is 0 Å². The van der Waals surface area contributed by atoms with E-state index in [2.05, 4.69) is 23.8 Å². The fourth-order valence-electron chi connectivity index (χ4n) is 2.75. The molecule has 1 aliphatic carbocycles. The summed E-state index contributed by atoms with van der Waals surface area (Å²) in [5.41, 5.74) is 3.42. The van der Waals surface area contributed by atoms with Crippen molar-refractivity contribution in [2.45, 2.75) is 25.7 Å². The van der Waals surface area contributed by atoms with Gasteiger partial charge in [-0.3, -0.25) is 10.1 Å². The maximum absolute atomic E-state index is 11.0. The van der Waals surface area contributed by atoms with Crippen molar-refractivity contribution in [3.8, 4) is 11.3 Å². The Bertz CT molecular complexity index is 728. The molecule has 0 radical (unpaired) electrons. The van der Waals surface area contributed by atoms with Crippen LogP contribution in [0.1, 0.15) is 25.0 Å². The predicted octanol–water partition coefficient (Wildman–Crippen LogP) is 3.54. The van der Waals surface area contributed by atoms with Crippen molar-refractivity contribution in [1.82, 2.24) is 9.97 Å². The van der Waals surface area contributed by atoms with Gasteiger partial charge in [-0.15, -0.1) is 0 Å². The lowest BCUT2D eigenvalue weighted by molar-refractivity contribution is -0.384. The van der Waals surface area contributed by atoms with Gasteiger partial charge in [0.25, 0.3) is 5.69 Å². The highest BCUT2D eigenvalue weighted by Crippen LogP contribution is 2.43. The Morgan fingerprint density at radius 3 is 2.85 bits per heavy atom. The van der Waals surface area contributed by atoms with Crippen LogP contribution >= 0.6 is 11.6 Å². The molecule has 5 nitrogen and oxygen atoms in total. The zero-order valence-corrected chi connectivity index (χ0v) is 11.8. The molecule has 0 saturated carbocycles. The number of aromatic nitrogens is 2. The molecule has 0 bridgehead atoms. The lowest BCUT2D eigenvalue weighted by Crippen LogP contribution is -2.26. The minimum absolute atomic E-state index is 0.0575. The Morgan fingerprint density at radius 1 is 1.40 bits per heavy atom. The van der Waals surface area contributed by atoms with Crippen LogP contribution in [0.4, 0.5) is 5.69 Å². The van der Waals surface area contributed by atoms with E-state index in [9.17, 15) is 10.1 Å². The normalized spacial score (nSPS) is 15.3. The number of fused-ring (bicyclic) bond motifs is 3. The molecule has 0 atom stereocenters. The first-order valence-corrected chi connectivity index (χ1v) is 6.57. The van der Waals surface area contributed by atoms with Crippen molar-refractivity contribution in [1.29, 1.82) is 0 Å². The van der Waals surface area contributed by atoms with Gasteiger partial charge in [0, 0.05) is 23.9 Å². The summed E-state index contributed by atoms with van der Waals surface area (Å²) in [7, 11) is 0. The highest BCUT2D eigenvalue weighted by atomic mass is 35.5. The Kier molecular flexibility index (Phi) is 2.76. The summed E-state index contributed by atoms with van der Waals surface area (Å²) in [6.45, 7) is 4.21. The third-order valence-electron chi connectivity index (χ3n) is 3.67. The van der Waals surface area contributed by atoms with Crippen LogP contribution in [0.25, 0.3) is 11.3 Å². The molecule has 20 heavy (non-hydrogen) atoms. The first-order chi connectivity index (χ1) is 9.38. The molecule has 0 fully saturated rings. The number of nitro groups is 1. The standard InChI is InChI=1S/C14H12ClN3O2/c1-14(2)6-8-7-16-13(15)17-12(8)10-5-9(18(19)20)3-4-11(10)14/h3-5,7H,6H2,1-2H3. The molecule has 0 unspecified atom stereocenters. The van der Waals surface area contributed by atoms with Gasteiger partial charge in [-0.1, -0.05) is 19.9 Å². The zero-order chi connectivity index (χ0) is 14.5. The highest BCUT2D eigenvalue weighted by molar-refractivity contribution is 6.28. The Balaban J connectivity index is 2.31. The largest absolute Gasteiger partial charge is 0.270 e. The summed E-state index contributed by atoms with van der Waals surface area (Å²) in [4.78, 5) is 18.8. The monoisotopic (exact) mass is 289 g/mol. The molecule has 1 aromatic heterocycles. The minimum Gasteiger partial charge on any atom is -0.258 e. The fraction of sp³-hybridized carbons (Fsp3) is 0.286. The predicted molar refractivity (Wildman–Crippen MR) is 75.9 cm³/mol. The lowest BCUT2D eigenvalue weighted by atomic mass is 9.72. The van der Waals surface area contributed by atoms with Crippen LogP contribution < -0.4 is 0 Å². The van der Waals surface area contributed by atoms with Crippen molar-refractivity contribution >= 4 is 17.3 Å². The van der Waals surface area contributed by atoms with E-state index in [-0.39, 0.29) is 16.4 Å². The first-order valence-electron chi connectivity index (χ1n) is 6.19. The quantitative estimate of drug-likeness (QED) is 0.457. The summed E-state index contributed by atoms with van der Waals surface area (Å²) < 4.78 is 0. The average Bonchev–Trinajstić information content (AvgIpc) is 2.39. The maximum Gasteiger partial charge on any atom is 0.270 e. The number of hydrogen-bond acceptors (Lipinski definition) is 4. The van der Waals surface area contributed by atoms with Gasteiger partial charge in [0.05, 0.1) is 10.6 Å². The smallest absolute Gasteiger partial charge is 0.258 e. The van der Waals surface area contributed by atoms with Gasteiger partial charge >= 0.3 is 0 Å². The van der Waals surface area contributed by atoms with Gasteiger partial charge in [0.15, 0.2) is 0 Å². The summed E-state index contributed by atoms with van der Waals surface area (Å²) in [5.74, 6) is 0. The number of benzene rings is 1. The molecule has 1 heterocycles. The zero-order valence-electron chi connectivity index (χ0n) is 11.1. The first kappa shape index (κ1) is 13.0. The fourth-order valence-corrected chi connectivity index (χ4v) is 2.88. The van der Waals surface area contributed by atoms with Crippen LogP contribution in [0.3, 0.4) is 0 Å². The Hall–Kier alpha value is -2.01. The van der Waals surface area contributed by atoms with Crippen LogP contribution in [-0.4, -0.2) is 14.9 Å². The van der Waals surface area contributed by atoms with Gasteiger partial charge in [-0.25, -0.2) is 9.97 Å². The van der Waals surface area contributed by atoms with Crippen molar-refractivity contribution in [2.24, 2.45) is 0 Å². The van der Waals surface area contributed by atoms with Crippen LogP contribution in [-0.2, 0) is 11.8 Å². The van der Waals surface area contributed by atoms with Crippen molar-refractivity contribution in [2.75, 3.05) is 0 Å². The third kappa shape index (κ3) is 1.94. The summed E-state index contributed by atoms with van der Waals surface area (Å²) in [5, 5.41) is 11.1. The Morgan fingerprint density at radius 2 is 2.15 bits per heavy atom. The van der Waals surface area contributed by atoms with Crippen LogP contribution in [0.15, 0.2) is 24.4 Å². The third-order valence-corrected chi connectivity index (χ3v) is 3.85. The molecule has 1 aromatic carbocycles. The second kappa shape index (κ2) is 4.24. The van der Waals surface area contributed by atoms with E-state index in [0.717, 1.165) is 23.1 Å².